The Bertz CT molecular complexity index is 1050. The zero-order chi connectivity index (χ0) is 22.0. The van der Waals surface area contributed by atoms with Crippen LogP contribution in [0.5, 0.6) is 0 Å². The normalized spacial score (nSPS) is 13.3. The van der Waals surface area contributed by atoms with Gasteiger partial charge in [-0.2, -0.15) is 0 Å². The average Bonchev–Trinajstić information content (AvgIpc) is 3.45. The Kier molecular flexibility index (Phi) is 6.35. The van der Waals surface area contributed by atoms with E-state index in [0.29, 0.717) is 29.2 Å². The zero-order valence-electron chi connectivity index (χ0n) is 17.7. The summed E-state index contributed by atoms with van der Waals surface area (Å²) in [5.41, 5.74) is 0.791. The van der Waals surface area contributed by atoms with Crippen LogP contribution < -0.4 is 5.32 Å². The number of aryl methyl sites for hydroxylation is 1. The highest BCUT2D eigenvalue weighted by atomic mass is 32.1. The van der Waals surface area contributed by atoms with E-state index in [-0.39, 0.29) is 17.3 Å². The molecule has 0 saturated heterocycles. The predicted octanol–water partition coefficient (Wildman–Crippen LogP) is 4.13. The molecule has 30 heavy (non-hydrogen) atoms. The lowest BCUT2D eigenvalue weighted by atomic mass is 9.99. The average molecular weight is 433 g/mol. The van der Waals surface area contributed by atoms with E-state index in [1.54, 1.807) is 25.2 Å². The Balaban J connectivity index is 1.74. The Morgan fingerprint density at radius 1 is 1.17 bits per heavy atom. The van der Waals surface area contributed by atoms with Gasteiger partial charge in [0.1, 0.15) is 23.8 Å². The molecule has 3 heterocycles. The van der Waals surface area contributed by atoms with Crippen LogP contribution in [0.3, 0.4) is 0 Å². The topological polar surface area (TPSA) is 120 Å². The minimum Gasteiger partial charge on any atom is -0.464 e. The third-order valence-electron chi connectivity index (χ3n) is 4.78. The molecule has 3 aromatic heterocycles. The van der Waals surface area contributed by atoms with Crippen molar-refractivity contribution in [2.45, 2.75) is 46.6 Å². The van der Waals surface area contributed by atoms with Crippen molar-refractivity contribution in [1.82, 2.24) is 20.3 Å². The van der Waals surface area contributed by atoms with Gasteiger partial charge in [0, 0.05) is 11.3 Å². The summed E-state index contributed by atoms with van der Waals surface area (Å²) in [5, 5.41) is 5.62. The van der Waals surface area contributed by atoms with Crippen molar-refractivity contribution in [3.05, 3.63) is 39.7 Å². The van der Waals surface area contributed by atoms with E-state index < -0.39 is 17.9 Å². The Hall–Kier alpha value is -3.01. The molecule has 3 rings (SSSR count). The molecule has 9 nitrogen and oxygen atoms in total. The standard InChI is InChI=1S/C20H24N4O5S/c1-9(2)10(3)19-23-14(8-30-19)18-24-15(12(5)29-18)16(25)21-11(4)17-22-13(7-28-17)20(26)27-6/h7-11H,1-6H3,(H,21,25)/t10-,11-/m0/s1. The molecule has 0 aliphatic carbocycles. The molecule has 1 amide bonds. The van der Waals surface area contributed by atoms with Crippen LogP contribution in [0, 0.1) is 12.8 Å². The summed E-state index contributed by atoms with van der Waals surface area (Å²) in [6, 6.07) is -0.590. The molecular weight excluding hydrogens is 408 g/mol. The number of esters is 1. The summed E-state index contributed by atoms with van der Waals surface area (Å²) in [4.78, 5) is 37.1. The summed E-state index contributed by atoms with van der Waals surface area (Å²) in [6.07, 6.45) is 1.18. The number of hydrogen-bond donors (Lipinski definition) is 1. The number of thiazole rings is 1. The number of carbonyl (C=O) groups is 2. The molecule has 0 aliphatic rings. The highest BCUT2D eigenvalue weighted by molar-refractivity contribution is 7.10. The summed E-state index contributed by atoms with van der Waals surface area (Å²) in [6.45, 7) is 9.77. The van der Waals surface area contributed by atoms with Gasteiger partial charge in [-0.05, 0) is 19.8 Å². The molecule has 0 spiro atoms. The van der Waals surface area contributed by atoms with Crippen molar-refractivity contribution in [2.75, 3.05) is 7.11 Å². The van der Waals surface area contributed by atoms with Crippen molar-refractivity contribution < 1.29 is 23.2 Å². The first-order chi connectivity index (χ1) is 14.2. The van der Waals surface area contributed by atoms with Crippen LogP contribution in [0.4, 0.5) is 0 Å². The number of carbonyl (C=O) groups excluding carboxylic acids is 2. The van der Waals surface area contributed by atoms with Gasteiger partial charge in [0.15, 0.2) is 11.4 Å². The molecule has 0 saturated carbocycles. The van der Waals surface area contributed by atoms with Gasteiger partial charge in [0.2, 0.25) is 11.8 Å². The number of nitrogens with one attached hydrogen (secondary N) is 1. The third kappa shape index (κ3) is 4.43. The fourth-order valence-corrected chi connectivity index (χ4v) is 3.63. The maximum Gasteiger partial charge on any atom is 0.360 e. The van der Waals surface area contributed by atoms with E-state index >= 15 is 0 Å². The van der Waals surface area contributed by atoms with Gasteiger partial charge in [-0.1, -0.05) is 20.8 Å². The zero-order valence-corrected chi connectivity index (χ0v) is 18.5. The van der Waals surface area contributed by atoms with Gasteiger partial charge in [-0.3, -0.25) is 4.79 Å². The fourth-order valence-electron chi connectivity index (χ4n) is 2.61. The smallest absolute Gasteiger partial charge is 0.360 e. The third-order valence-corrected chi connectivity index (χ3v) is 5.82. The number of hydrogen-bond acceptors (Lipinski definition) is 9. The Morgan fingerprint density at radius 3 is 2.57 bits per heavy atom. The number of nitrogens with zero attached hydrogens (tertiary/aromatic N) is 3. The second-order valence-electron chi connectivity index (χ2n) is 7.29. The maximum absolute atomic E-state index is 12.7. The highest BCUT2D eigenvalue weighted by Crippen LogP contribution is 2.30. The Labute approximate surface area is 177 Å². The molecule has 2 atom stereocenters. The number of methoxy groups -OCH3 is 1. The van der Waals surface area contributed by atoms with Gasteiger partial charge in [0.05, 0.1) is 12.1 Å². The van der Waals surface area contributed by atoms with Crippen molar-refractivity contribution in [1.29, 1.82) is 0 Å². The van der Waals surface area contributed by atoms with E-state index in [1.165, 1.54) is 13.4 Å². The van der Waals surface area contributed by atoms with Crippen LogP contribution in [0.25, 0.3) is 11.6 Å². The molecular formula is C20H24N4O5S. The summed E-state index contributed by atoms with van der Waals surface area (Å²) in [7, 11) is 1.25. The van der Waals surface area contributed by atoms with Crippen LogP contribution in [0.15, 0.2) is 20.5 Å². The van der Waals surface area contributed by atoms with Gasteiger partial charge in [0.25, 0.3) is 5.91 Å². The maximum atomic E-state index is 12.7. The second-order valence-corrected chi connectivity index (χ2v) is 8.17. The first kappa shape index (κ1) is 21.7. The molecule has 160 valence electrons. The lowest BCUT2D eigenvalue weighted by Gasteiger charge is -2.11. The minimum atomic E-state index is -0.616. The molecule has 10 heteroatoms. The number of rotatable bonds is 7. The molecule has 0 unspecified atom stereocenters. The molecule has 0 fully saturated rings. The number of amides is 1. The van der Waals surface area contributed by atoms with E-state index in [0.717, 1.165) is 5.01 Å². The van der Waals surface area contributed by atoms with Gasteiger partial charge >= 0.3 is 5.97 Å². The van der Waals surface area contributed by atoms with Crippen molar-refractivity contribution in [3.63, 3.8) is 0 Å². The van der Waals surface area contributed by atoms with E-state index in [1.807, 2.05) is 5.38 Å². The predicted molar refractivity (Wildman–Crippen MR) is 109 cm³/mol. The first-order valence-electron chi connectivity index (χ1n) is 9.49. The quantitative estimate of drug-likeness (QED) is 0.553. The van der Waals surface area contributed by atoms with E-state index in [4.69, 9.17) is 8.83 Å². The molecule has 1 N–H and O–H groups in total. The first-order valence-corrected chi connectivity index (χ1v) is 10.4. The fraction of sp³-hybridized carbons (Fsp3) is 0.450. The van der Waals surface area contributed by atoms with Gasteiger partial charge in [-0.15, -0.1) is 11.3 Å². The van der Waals surface area contributed by atoms with Crippen molar-refractivity contribution >= 4 is 23.2 Å². The number of oxazole rings is 2. The Morgan fingerprint density at radius 2 is 1.90 bits per heavy atom. The SMILES string of the molecule is COC(=O)c1coc([C@H](C)NC(=O)c2nc(-c3csc([C@@H](C)C(C)C)n3)oc2C)n1. The van der Waals surface area contributed by atoms with Gasteiger partial charge < -0.3 is 18.9 Å². The van der Waals surface area contributed by atoms with Crippen LogP contribution in [-0.4, -0.2) is 33.9 Å². The van der Waals surface area contributed by atoms with E-state index in [9.17, 15) is 9.59 Å². The number of aromatic nitrogens is 3. The molecule has 0 bridgehead atoms. The summed E-state index contributed by atoms with van der Waals surface area (Å²) >= 11 is 1.55. The van der Waals surface area contributed by atoms with Crippen LogP contribution in [0.2, 0.25) is 0 Å². The van der Waals surface area contributed by atoms with Crippen LogP contribution in [-0.2, 0) is 4.74 Å². The monoisotopic (exact) mass is 432 g/mol. The summed E-state index contributed by atoms with van der Waals surface area (Å²) in [5.74, 6) is 0.578. The molecule has 0 radical (unpaired) electrons. The second kappa shape index (κ2) is 8.78. The molecule has 0 aliphatic heterocycles. The highest BCUT2D eigenvalue weighted by Gasteiger charge is 2.24. The lowest BCUT2D eigenvalue weighted by Crippen LogP contribution is -2.27. The largest absolute Gasteiger partial charge is 0.464 e. The van der Waals surface area contributed by atoms with Crippen molar-refractivity contribution in [3.8, 4) is 11.6 Å². The van der Waals surface area contributed by atoms with E-state index in [2.05, 4.69) is 45.8 Å². The van der Waals surface area contributed by atoms with Crippen LogP contribution in [0.1, 0.15) is 77.3 Å². The molecule has 0 aromatic carbocycles. The van der Waals surface area contributed by atoms with Crippen LogP contribution >= 0.6 is 11.3 Å². The van der Waals surface area contributed by atoms with Gasteiger partial charge in [-0.25, -0.2) is 19.7 Å². The van der Waals surface area contributed by atoms with Crippen molar-refractivity contribution in [2.24, 2.45) is 5.92 Å². The molecule has 3 aromatic rings. The minimum absolute atomic E-state index is 0.0310. The summed E-state index contributed by atoms with van der Waals surface area (Å²) < 4.78 is 15.5. The lowest BCUT2D eigenvalue weighted by molar-refractivity contribution is 0.0594. The number of ether oxygens (including phenoxy) is 1.